The molecular weight excluding hydrogens is 430 g/mol. The minimum absolute atomic E-state index is 0.0597. The molecule has 1 atom stereocenters. The van der Waals surface area contributed by atoms with Crippen molar-refractivity contribution < 1.29 is 24.2 Å². The number of phenolic OH excluding ortho intramolecular Hbond substituents is 1. The van der Waals surface area contributed by atoms with Crippen molar-refractivity contribution in [3.05, 3.63) is 63.8 Å². The number of aromatic hydroxyl groups is 1. The summed E-state index contributed by atoms with van der Waals surface area (Å²) < 4.78 is 12.8. The summed E-state index contributed by atoms with van der Waals surface area (Å²) in [6, 6.07) is 10.2. The minimum atomic E-state index is -0.890. The van der Waals surface area contributed by atoms with Crippen molar-refractivity contribution in [1.29, 1.82) is 0 Å². The lowest BCUT2D eigenvalue weighted by molar-refractivity contribution is -0.143. The zero-order chi connectivity index (χ0) is 23.6. The van der Waals surface area contributed by atoms with Crippen LogP contribution in [0.15, 0.2) is 36.4 Å². The van der Waals surface area contributed by atoms with Gasteiger partial charge in [0.15, 0.2) is 0 Å². The van der Waals surface area contributed by atoms with Gasteiger partial charge in [0, 0.05) is 27.7 Å². The fraction of sp³-hybridized carbons (Fsp3) is 0.360. The second-order valence-corrected chi connectivity index (χ2v) is 8.25. The summed E-state index contributed by atoms with van der Waals surface area (Å²) in [4.78, 5) is 26.2. The third kappa shape index (κ3) is 4.32. The maximum absolute atomic E-state index is 13.2. The van der Waals surface area contributed by atoms with Gasteiger partial charge in [-0.25, -0.2) is 4.79 Å². The molecule has 0 aliphatic rings. The molecule has 0 amide bonds. The van der Waals surface area contributed by atoms with E-state index in [1.165, 1.54) is 12.1 Å². The first kappa shape index (κ1) is 23.7. The molecule has 1 aromatic heterocycles. The predicted molar refractivity (Wildman–Crippen MR) is 125 cm³/mol. The molecule has 6 nitrogen and oxygen atoms in total. The minimum Gasteiger partial charge on any atom is -0.508 e. The number of ether oxygens (including phenoxy) is 2. The second kappa shape index (κ2) is 9.65. The first-order valence-corrected chi connectivity index (χ1v) is 11.1. The van der Waals surface area contributed by atoms with E-state index in [9.17, 15) is 14.7 Å². The molecule has 0 spiro atoms. The van der Waals surface area contributed by atoms with Crippen LogP contribution in [0.1, 0.15) is 66.8 Å². The number of hydrogen-bond donors (Lipinski definition) is 1. The molecular formula is C25H28ClNO5. The number of phenols is 1. The van der Waals surface area contributed by atoms with Gasteiger partial charge in [-0.05, 0) is 70.0 Å². The third-order valence-electron chi connectivity index (χ3n) is 5.37. The number of nitrogens with zero attached hydrogens (tertiary/aromatic N) is 1. The van der Waals surface area contributed by atoms with Gasteiger partial charge in [-0.3, -0.25) is 4.79 Å². The summed E-state index contributed by atoms with van der Waals surface area (Å²) in [7, 11) is 0. The number of carbonyl (C=O) groups excluding carboxylic acids is 2. The number of aromatic nitrogens is 1. The Morgan fingerprint density at radius 1 is 1.09 bits per heavy atom. The number of rotatable bonds is 7. The fourth-order valence-electron chi connectivity index (χ4n) is 4.30. The molecule has 1 unspecified atom stereocenters. The van der Waals surface area contributed by atoms with Crippen LogP contribution >= 0.6 is 11.6 Å². The van der Waals surface area contributed by atoms with E-state index >= 15 is 0 Å². The van der Waals surface area contributed by atoms with E-state index in [4.69, 9.17) is 21.1 Å². The Balaban J connectivity index is 2.41. The Labute approximate surface area is 192 Å². The van der Waals surface area contributed by atoms with Crippen LogP contribution < -0.4 is 0 Å². The van der Waals surface area contributed by atoms with Crippen molar-refractivity contribution in [2.24, 2.45) is 0 Å². The first-order chi connectivity index (χ1) is 15.2. The Hall–Kier alpha value is -2.99. The number of halogens is 1. The van der Waals surface area contributed by atoms with E-state index in [1.807, 2.05) is 32.9 Å². The van der Waals surface area contributed by atoms with E-state index in [-0.39, 0.29) is 25.0 Å². The lowest BCUT2D eigenvalue weighted by Gasteiger charge is -2.19. The second-order valence-electron chi connectivity index (χ2n) is 7.81. The molecule has 3 rings (SSSR count). The standard InChI is InChI=1S/C25H28ClNO5/c1-6-31-24(29)21-15(5)27(14(3)4)20-10-8-9-19(23(20)21)22(25(30)32-7-2)16-11-17(26)13-18(28)12-16/h8-14,22,28H,6-7H2,1-5H3. The number of carbonyl (C=O) groups is 2. The molecule has 0 bridgehead atoms. The lowest BCUT2D eigenvalue weighted by Crippen LogP contribution is -2.18. The van der Waals surface area contributed by atoms with E-state index in [2.05, 4.69) is 4.57 Å². The van der Waals surface area contributed by atoms with Gasteiger partial charge < -0.3 is 19.1 Å². The molecule has 3 aromatic rings. The Bertz CT molecular complexity index is 1140. The molecule has 1 N–H and O–H groups in total. The Kier molecular flexibility index (Phi) is 7.14. The van der Waals surface area contributed by atoms with Gasteiger partial charge >= 0.3 is 11.9 Å². The van der Waals surface area contributed by atoms with E-state index in [0.29, 0.717) is 27.1 Å². The maximum atomic E-state index is 13.2. The van der Waals surface area contributed by atoms with Crippen molar-refractivity contribution in [3.8, 4) is 5.75 Å². The maximum Gasteiger partial charge on any atom is 0.340 e. The average molecular weight is 458 g/mol. The summed E-state index contributed by atoms with van der Waals surface area (Å²) in [6.07, 6.45) is 0. The lowest BCUT2D eigenvalue weighted by atomic mass is 9.87. The van der Waals surface area contributed by atoms with Crippen LogP contribution in [0, 0.1) is 6.92 Å². The quantitative estimate of drug-likeness (QED) is 0.456. The van der Waals surface area contributed by atoms with Crippen LogP contribution in [0.25, 0.3) is 10.9 Å². The van der Waals surface area contributed by atoms with Crippen LogP contribution in [-0.4, -0.2) is 34.8 Å². The highest BCUT2D eigenvalue weighted by molar-refractivity contribution is 6.30. The molecule has 170 valence electrons. The average Bonchev–Trinajstić information content (AvgIpc) is 3.00. The highest BCUT2D eigenvalue weighted by Gasteiger charge is 2.32. The van der Waals surface area contributed by atoms with Crippen LogP contribution in [-0.2, 0) is 14.3 Å². The summed E-state index contributed by atoms with van der Waals surface area (Å²) >= 11 is 6.19. The molecule has 7 heteroatoms. The summed E-state index contributed by atoms with van der Waals surface area (Å²) in [5.41, 5.74) is 3.07. The zero-order valence-electron chi connectivity index (χ0n) is 18.9. The fourth-order valence-corrected chi connectivity index (χ4v) is 4.54. The van der Waals surface area contributed by atoms with Gasteiger partial charge in [0.1, 0.15) is 11.7 Å². The number of fused-ring (bicyclic) bond motifs is 1. The van der Waals surface area contributed by atoms with Crippen molar-refractivity contribution in [1.82, 2.24) is 4.57 Å². The predicted octanol–water partition coefficient (Wildman–Crippen LogP) is 5.76. The Morgan fingerprint density at radius 2 is 1.78 bits per heavy atom. The SMILES string of the molecule is CCOC(=O)c1c(C)n(C(C)C)c2cccc(C(C(=O)OCC)c3cc(O)cc(Cl)c3)c12. The molecule has 1 heterocycles. The van der Waals surface area contributed by atoms with Crippen molar-refractivity contribution in [3.63, 3.8) is 0 Å². The Morgan fingerprint density at radius 3 is 2.38 bits per heavy atom. The monoisotopic (exact) mass is 457 g/mol. The van der Waals surface area contributed by atoms with Crippen LogP contribution in [0.4, 0.5) is 0 Å². The van der Waals surface area contributed by atoms with E-state index in [0.717, 1.165) is 11.2 Å². The molecule has 0 saturated heterocycles. The van der Waals surface area contributed by atoms with Crippen LogP contribution in [0.5, 0.6) is 5.75 Å². The van der Waals surface area contributed by atoms with Crippen molar-refractivity contribution >= 4 is 34.4 Å². The van der Waals surface area contributed by atoms with Gasteiger partial charge in [0.2, 0.25) is 0 Å². The zero-order valence-corrected chi connectivity index (χ0v) is 19.7. The summed E-state index contributed by atoms with van der Waals surface area (Å²) in [5.74, 6) is -1.89. The van der Waals surface area contributed by atoms with Gasteiger partial charge in [0.05, 0.1) is 18.8 Å². The van der Waals surface area contributed by atoms with Crippen LogP contribution in [0.2, 0.25) is 5.02 Å². The van der Waals surface area contributed by atoms with Crippen LogP contribution in [0.3, 0.4) is 0 Å². The largest absolute Gasteiger partial charge is 0.508 e. The van der Waals surface area contributed by atoms with E-state index < -0.39 is 17.9 Å². The molecule has 32 heavy (non-hydrogen) atoms. The van der Waals surface area contributed by atoms with Crippen molar-refractivity contribution in [2.75, 3.05) is 13.2 Å². The molecule has 0 radical (unpaired) electrons. The number of hydrogen-bond acceptors (Lipinski definition) is 5. The highest BCUT2D eigenvalue weighted by Crippen LogP contribution is 2.39. The van der Waals surface area contributed by atoms with Crippen molar-refractivity contribution in [2.45, 2.75) is 46.6 Å². The van der Waals surface area contributed by atoms with Gasteiger partial charge in [-0.15, -0.1) is 0 Å². The smallest absolute Gasteiger partial charge is 0.340 e. The molecule has 0 aliphatic heterocycles. The van der Waals surface area contributed by atoms with Gasteiger partial charge in [-0.1, -0.05) is 23.7 Å². The highest BCUT2D eigenvalue weighted by atomic mass is 35.5. The summed E-state index contributed by atoms with van der Waals surface area (Å²) in [5, 5.41) is 11.1. The molecule has 0 fully saturated rings. The number of esters is 2. The van der Waals surface area contributed by atoms with E-state index in [1.54, 1.807) is 26.0 Å². The topological polar surface area (TPSA) is 77.8 Å². The summed E-state index contributed by atoms with van der Waals surface area (Å²) in [6.45, 7) is 9.85. The normalized spacial score (nSPS) is 12.2. The van der Waals surface area contributed by atoms with Gasteiger partial charge in [0.25, 0.3) is 0 Å². The molecule has 2 aromatic carbocycles. The number of benzene rings is 2. The first-order valence-electron chi connectivity index (χ1n) is 10.7. The third-order valence-corrected chi connectivity index (χ3v) is 5.59. The molecule has 0 aliphatic carbocycles. The van der Waals surface area contributed by atoms with Gasteiger partial charge in [-0.2, -0.15) is 0 Å². The molecule has 0 saturated carbocycles.